The molecule has 0 aliphatic heterocycles. The Morgan fingerprint density at radius 1 is 1.05 bits per heavy atom. The van der Waals surface area contributed by atoms with E-state index in [1.807, 2.05) is 12.1 Å². The van der Waals surface area contributed by atoms with Crippen molar-refractivity contribution in [1.82, 2.24) is 5.16 Å². The lowest BCUT2D eigenvalue weighted by Crippen LogP contribution is -1.94. The van der Waals surface area contributed by atoms with Crippen LogP contribution in [0.25, 0.3) is 22.0 Å². The summed E-state index contributed by atoms with van der Waals surface area (Å²) in [5.74, 6) is 0.700. The van der Waals surface area contributed by atoms with Crippen molar-refractivity contribution < 1.29 is 4.52 Å². The Bertz CT molecular complexity index is 728. The van der Waals surface area contributed by atoms with E-state index in [2.05, 4.69) is 49.3 Å². The molecule has 0 aliphatic carbocycles. The van der Waals surface area contributed by atoms with Crippen LogP contribution in [0.15, 0.2) is 47.0 Å². The third-order valence-electron chi connectivity index (χ3n) is 3.36. The zero-order valence-electron chi connectivity index (χ0n) is 11.1. The number of nitrogen functional groups attached to an aromatic ring is 1. The fraction of sp³-hybridized carbons (Fsp3) is 0.188. The maximum atomic E-state index is 5.86. The van der Waals surface area contributed by atoms with E-state index in [9.17, 15) is 0 Å². The van der Waals surface area contributed by atoms with Crippen molar-refractivity contribution in [3.05, 3.63) is 48.0 Å². The van der Waals surface area contributed by atoms with Crippen LogP contribution in [0.1, 0.15) is 25.3 Å². The highest BCUT2D eigenvalue weighted by Gasteiger charge is 2.18. The number of hydrogen-bond acceptors (Lipinski definition) is 3. The van der Waals surface area contributed by atoms with Gasteiger partial charge in [0.2, 0.25) is 5.88 Å². The van der Waals surface area contributed by atoms with Crippen molar-refractivity contribution >= 4 is 16.7 Å². The first-order chi connectivity index (χ1) is 9.16. The van der Waals surface area contributed by atoms with Gasteiger partial charge in [-0.25, -0.2) is 0 Å². The van der Waals surface area contributed by atoms with Gasteiger partial charge < -0.3 is 10.3 Å². The van der Waals surface area contributed by atoms with E-state index in [-0.39, 0.29) is 5.92 Å². The largest absolute Gasteiger partial charge is 0.367 e. The SMILES string of the molecule is CC(C)c1c(-c2ccc3ccccc3c2)noc1N. The average molecular weight is 252 g/mol. The molecule has 3 nitrogen and oxygen atoms in total. The molecule has 1 heterocycles. The van der Waals surface area contributed by atoms with E-state index in [1.54, 1.807) is 0 Å². The molecule has 2 N–H and O–H groups in total. The normalized spacial score (nSPS) is 11.3. The molecule has 0 aliphatic rings. The monoisotopic (exact) mass is 252 g/mol. The molecule has 3 rings (SSSR count). The molecule has 0 bridgehead atoms. The number of nitrogens with two attached hydrogens (primary N) is 1. The Balaban J connectivity index is 2.19. The summed E-state index contributed by atoms with van der Waals surface area (Å²) in [6.07, 6.45) is 0. The molecule has 0 radical (unpaired) electrons. The molecule has 3 aromatic rings. The van der Waals surface area contributed by atoms with Gasteiger partial charge in [-0.1, -0.05) is 55.4 Å². The van der Waals surface area contributed by atoms with Crippen LogP contribution < -0.4 is 5.73 Å². The van der Waals surface area contributed by atoms with E-state index in [0.29, 0.717) is 5.88 Å². The summed E-state index contributed by atoms with van der Waals surface area (Å²) in [6.45, 7) is 4.18. The lowest BCUT2D eigenvalue weighted by Gasteiger charge is -2.06. The molecule has 0 saturated carbocycles. The van der Waals surface area contributed by atoms with Gasteiger partial charge in [0, 0.05) is 11.1 Å². The highest BCUT2D eigenvalue weighted by atomic mass is 16.5. The molecule has 3 heteroatoms. The Hall–Kier alpha value is -2.29. The molecular weight excluding hydrogens is 236 g/mol. The van der Waals surface area contributed by atoms with Gasteiger partial charge in [0.25, 0.3) is 0 Å². The van der Waals surface area contributed by atoms with Gasteiger partial charge in [0.15, 0.2) is 0 Å². The van der Waals surface area contributed by atoms with Gasteiger partial charge >= 0.3 is 0 Å². The molecule has 2 aromatic carbocycles. The van der Waals surface area contributed by atoms with Crippen LogP contribution in [-0.4, -0.2) is 5.16 Å². The molecule has 19 heavy (non-hydrogen) atoms. The first kappa shape index (κ1) is 11.8. The lowest BCUT2D eigenvalue weighted by molar-refractivity contribution is 0.438. The van der Waals surface area contributed by atoms with Crippen molar-refractivity contribution in [2.24, 2.45) is 0 Å². The van der Waals surface area contributed by atoms with Crippen molar-refractivity contribution in [1.29, 1.82) is 0 Å². The minimum absolute atomic E-state index is 0.285. The zero-order valence-corrected chi connectivity index (χ0v) is 11.1. The van der Waals surface area contributed by atoms with Crippen LogP contribution in [0.3, 0.4) is 0 Å². The smallest absolute Gasteiger partial charge is 0.226 e. The molecular formula is C16H16N2O. The van der Waals surface area contributed by atoms with Crippen LogP contribution in [0.4, 0.5) is 5.88 Å². The van der Waals surface area contributed by atoms with Gasteiger partial charge in [0.05, 0.1) is 0 Å². The summed E-state index contributed by atoms with van der Waals surface area (Å²) in [5, 5.41) is 6.52. The summed E-state index contributed by atoms with van der Waals surface area (Å²) >= 11 is 0. The zero-order chi connectivity index (χ0) is 13.4. The van der Waals surface area contributed by atoms with Gasteiger partial charge in [-0.2, -0.15) is 0 Å². The van der Waals surface area contributed by atoms with Gasteiger partial charge in [-0.15, -0.1) is 0 Å². The Morgan fingerprint density at radius 2 is 1.79 bits per heavy atom. The van der Waals surface area contributed by atoms with E-state index < -0.39 is 0 Å². The Labute approximate surface area is 112 Å². The van der Waals surface area contributed by atoms with Gasteiger partial charge in [0.1, 0.15) is 5.69 Å². The predicted octanol–water partition coefficient (Wildman–Crippen LogP) is 4.20. The highest BCUT2D eigenvalue weighted by Crippen LogP contribution is 2.34. The maximum Gasteiger partial charge on any atom is 0.226 e. The van der Waals surface area contributed by atoms with Gasteiger partial charge in [-0.3, -0.25) is 0 Å². The molecule has 0 unspecified atom stereocenters. The summed E-state index contributed by atoms with van der Waals surface area (Å²) in [7, 11) is 0. The third kappa shape index (κ3) is 1.97. The number of benzene rings is 2. The lowest BCUT2D eigenvalue weighted by atomic mass is 9.97. The van der Waals surface area contributed by atoms with Crippen molar-refractivity contribution in [3.8, 4) is 11.3 Å². The summed E-state index contributed by atoms with van der Waals surface area (Å²) in [6, 6.07) is 14.5. The van der Waals surface area contributed by atoms with Crippen molar-refractivity contribution in [2.45, 2.75) is 19.8 Å². The second-order valence-electron chi connectivity index (χ2n) is 5.03. The number of rotatable bonds is 2. The molecule has 0 amide bonds. The van der Waals surface area contributed by atoms with Crippen LogP contribution in [0.5, 0.6) is 0 Å². The molecule has 0 spiro atoms. The molecule has 96 valence electrons. The van der Waals surface area contributed by atoms with E-state index in [4.69, 9.17) is 10.3 Å². The minimum atomic E-state index is 0.285. The summed E-state index contributed by atoms with van der Waals surface area (Å²) in [4.78, 5) is 0. The van der Waals surface area contributed by atoms with Gasteiger partial charge in [-0.05, 0) is 22.8 Å². The Kier molecular flexibility index (Phi) is 2.75. The number of nitrogens with zero attached hydrogens (tertiary/aromatic N) is 1. The maximum absolute atomic E-state index is 5.86. The van der Waals surface area contributed by atoms with Crippen LogP contribution in [0.2, 0.25) is 0 Å². The van der Waals surface area contributed by atoms with Crippen molar-refractivity contribution in [3.63, 3.8) is 0 Å². The fourth-order valence-corrected chi connectivity index (χ4v) is 2.41. The molecule has 1 aromatic heterocycles. The number of hydrogen-bond donors (Lipinski definition) is 1. The van der Waals surface area contributed by atoms with Crippen molar-refractivity contribution in [2.75, 3.05) is 5.73 Å². The van der Waals surface area contributed by atoms with Crippen LogP contribution in [0, 0.1) is 0 Å². The van der Waals surface area contributed by atoms with E-state index in [1.165, 1.54) is 10.8 Å². The summed E-state index contributed by atoms with van der Waals surface area (Å²) < 4.78 is 5.15. The van der Waals surface area contributed by atoms with E-state index >= 15 is 0 Å². The van der Waals surface area contributed by atoms with Crippen LogP contribution >= 0.6 is 0 Å². The van der Waals surface area contributed by atoms with E-state index in [0.717, 1.165) is 16.8 Å². The fourth-order valence-electron chi connectivity index (χ4n) is 2.41. The highest BCUT2D eigenvalue weighted by molar-refractivity contribution is 5.87. The first-order valence-electron chi connectivity index (χ1n) is 6.41. The number of anilines is 1. The predicted molar refractivity (Wildman–Crippen MR) is 77.9 cm³/mol. The standard InChI is InChI=1S/C16H16N2O/c1-10(2)14-15(18-19-16(14)17)13-8-7-11-5-3-4-6-12(11)9-13/h3-10H,17H2,1-2H3. The number of fused-ring (bicyclic) bond motifs is 1. The third-order valence-corrected chi connectivity index (χ3v) is 3.36. The van der Waals surface area contributed by atoms with Crippen LogP contribution in [-0.2, 0) is 0 Å². The summed E-state index contributed by atoms with van der Waals surface area (Å²) in [5.41, 5.74) is 8.73. The average Bonchev–Trinajstić information content (AvgIpc) is 2.80. The minimum Gasteiger partial charge on any atom is -0.367 e. The Morgan fingerprint density at radius 3 is 2.53 bits per heavy atom. The quantitative estimate of drug-likeness (QED) is 0.743. The molecule has 0 fully saturated rings. The second kappa shape index (κ2) is 4.43. The second-order valence-corrected chi connectivity index (χ2v) is 5.03. The first-order valence-corrected chi connectivity index (χ1v) is 6.41. The molecule has 0 saturated heterocycles. The number of aromatic nitrogens is 1. The topological polar surface area (TPSA) is 52.0 Å². The molecule has 0 atom stereocenters.